The maximum absolute atomic E-state index is 5.79. The van der Waals surface area contributed by atoms with Crippen LogP contribution in [0, 0.1) is 0 Å². The number of nitrogens with zero attached hydrogens (tertiary/aromatic N) is 1. The average Bonchev–Trinajstić information content (AvgIpc) is 2.58. The fourth-order valence-corrected chi connectivity index (χ4v) is 1.81. The van der Waals surface area contributed by atoms with Crippen LogP contribution in [0.2, 0.25) is 0 Å². The van der Waals surface area contributed by atoms with Crippen LogP contribution in [-0.2, 0) is 12.0 Å². The maximum atomic E-state index is 5.79. The molecular formula is C13H18N2O. The number of fused-ring (bicyclic) bond motifs is 1. The van der Waals surface area contributed by atoms with Crippen LogP contribution in [0.3, 0.4) is 0 Å². The van der Waals surface area contributed by atoms with E-state index in [1.807, 2.05) is 19.2 Å². The molecule has 0 bridgehead atoms. The third kappa shape index (κ3) is 1.95. The molecule has 0 aliphatic heterocycles. The molecule has 0 fully saturated rings. The number of nitrogens with one attached hydrogen (secondary N) is 1. The molecule has 3 nitrogen and oxygen atoms in total. The largest absolute Gasteiger partial charge is 0.439 e. The number of para-hydroxylation sites is 1. The Bertz CT molecular complexity index is 494. The highest BCUT2D eigenvalue weighted by Gasteiger charge is 2.19. The highest BCUT2D eigenvalue weighted by atomic mass is 16.3. The van der Waals surface area contributed by atoms with Crippen LogP contribution in [0.5, 0.6) is 0 Å². The van der Waals surface area contributed by atoms with E-state index < -0.39 is 0 Å². The van der Waals surface area contributed by atoms with Gasteiger partial charge in [-0.1, -0.05) is 32.9 Å². The fourth-order valence-electron chi connectivity index (χ4n) is 1.81. The Balaban J connectivity index is 2.59. The Labute approximate surface area is 95.9 Å². The predicted octanol–water partition coefficient (Wildman–Crippen LogP) is 2.84. The van der Waals surface area contributed by atoms with Crippen molar-refractivity contribution in [3.05, 3.63) is 29.7 Å². The standard InChI is InChI=1S/C13H18N2O/c1-13(2,3)9-6-5-7-10-12(9)16-11(15-10)8-14-4/h5-7,14H,8H2,1-4H3. The van der Waals surface area contributed by atoms with Crippen LogP contribution in [0.15, 0.2) is 22.6 Å². The number of oxazole rings is 1. The van der Waals surface area contributed by atoms with Crippen molar-refractivity contribution in [2.45, 2.75) is 32.7 Å². The number of benzene rings is 1. The van der Waals surface area contributed by atoms with Crippen molar-refractivity contribution in [1.29, 1.82) is 0 Å². The molecule has 1 aromatic heterocycles. The van der Waals surface area contributed by atoms with Crippen LogP contribution in [0.4, 0.5) is 0 Å². The van der Waals surface area contributed by atoms with Gasteiger partial charge in [-0.25, -0.2) is 4.98 Å². The SMILES string of the molecule is CNCc1nc2cccc(C(C)(C)C)c2o1. The minimum absolute atomic E-state index is 0.0793. The van der Waals surface area contributed by atoms with Crippen molar-refractivity contribution >= 4 is 11.1 Å². The second-order valence-corrected chi connectivity index (χ2v) is 5.04. The van der Waals surface area contributed by atoms with Gasteiger partial charge in [0, 0.05) is 5.56 Å². The quantitative estimate of drug-likeness (QED) is 0.842. The van der Waals surface area contributed by atoms with Crippen molar-refractivity contribution in [2.24, 2.45) is 0 Å². The molecule has 0 atom stereocenters. The molecular weight excluding hydrogens is 200 g/mol. The molecule has 0 amide bonds. The van der Waals surface area contributed by atoms with Crippen molar-refractivity contribution < 1.29 is 4.42 Å². The lowest BCUT2D eigenvalue weighted by Gasteiger charge is -2.18. The van der Waals surface area contributed by atoms with Crippen LogP contribution in [0.25, 0.3) is 11.1 Å². The monoisotopic (exact) mass is 218 g/mol. The average molecular weight is 218 g/mol. The van der Waals surface area contributed by atoms with E-state index in [0.29, 0.717) is 6.54 Å². The first-order valence-corrected chi connectivity index (χ1v) is 5.56. The lowest BCUT2D eigenvalue weighted by molar-refractivity contribution is 0.498. The van der Waals surface area contributed by atoms with Crippen molar-refractivity contribution in [1.82, 2.24) is 10.3 Å². The summed E-state index contributed by atoms with van der Waals surface area (Å²) in [6.45, 7) is 7.21. The van der Waals surface area contributed by atoms with Gasteiger partial charge in [-0.2, -0.15) is 0 Å². The summed E-state index contributed by atoms with van der Waals surface area (Å²) in [5, 5.41) is 3.05. The van der Waals surface area contributed by atoms with Crippen LogP contribution < -0.4 is 5.32 Å². The van der Waals surface area contributed by atoms with Crippen LogP contribution >= 0.6 is 0 Å². The Hall–Kier alpha value is -1.35. The predicted molar refractivity (Wildman–Crippen MR) is 65.5 cm³/mol. The minimum Gasteiger partial charge on any atom is -0.439 e. The molecule has 2 rings (SSSR count). The molecule has 0 radical (unpaired) electrons. The molecule has 2 aromatic rings. The van der Waals surface area contributed by atoms with Crippen molar-refractivity contribution in [3.8, 4) is 0 Å². The Morgan fingerprint density at radius 2 is 2.06 bits per heavy atom. The molecule has 0 unspecified atom stereocenters. The first-order valence-electron chi connectivity index (χ1n) is 5.56. The molecule has 0 spiro atoms. The van der Waals surface area contributed by atoms with Crippen molar-refractivity contribution in [3.63, 3.8) is 0 Å². The maximum Gasteiger partial charge on any atom is 0.209 e. The Kier molecular flexibility index (Phi) is 2.72. The lowest BCUT2D eigenvalue weighted by Crippen LogP contribution is -2.11. The van der Waals surface area contributed by atoms with E-state index >= 15 is 0 Å². The van der Waals surface area contributed by atoms with E-state index in [0.717, 1.165) is 17.0 Å². The van der Waals surface area contributed by atoms with Gasteiger partial charge in [0.15, 0.2) is 5.58 Å². The van der Waals surface area contributed by atoms with Gasteiger partial charge in [-0.15, -0.1) is 0 Å². The number of hydrogen-bond donors (Lipinski definition) is 1. The van der Waals surface area contributed by atoms with Gasteiger partial charge < -0.3 is 9.73 Å². The first kappa shape index (κ1) is 11.1. The van der Waals surface area contributed by atoms with Crippen molar-refractivity contribution in [2.75, 3.05) is 7.05 Å². The van der Waals surface area contributed by atoms with Gasteiger partial charge >= 0.3 is 0 Å². The molecule has 0 aliphatic rings. The van der Waals surface area contributed by atoms with Gasteiger partial charge in [0.25, 0.3) is 0 Å². The molecule has 1 aromatic carbocycles. The highest BCUT2D eigenvalue weighted by molar-refractivity contribution is 5.77. The lowest BCUT2D eigenvalue weighted by atomic mass is 9.86. The summed E-state index contributed by atoms with van der Waals surface area (Å²) in [7, 11) is 1.89. The number of hydrogen-bond acceptors (Lipinski definition) is 3. The topological polar surface area (TPSA) is 38.1 Å². The molecule has 1 N–H and O–H groups in total. The van der Waals surface area contributed by atoms with Crippen LogP contribution in [-0.4, -0.2) is 12.0 Å². The summed E-state index contributed by atoms with van der Waals surface area (Å²) < 4.78 is 5.79. The zero-order valence-electron chi connectivity index (χ0n) is 10.3. The smallest absolute Gasteiger partial charge is 0.209 e. The molecule has 0 aliphatic carbocycles. The normalized spacial score (nSPS) is 12.2. The van der Waals surface area contributed by atoms with E-state index in [-0.39, 0.29) is 5.41 Å². The summed E-state index contributed by atoms with van der Waals surface area (Å²) in [6, 6.07) is 6.14. The van der Waals surface area contributed by atoms with Crippen LogP contribution in [0.1, 0.15) is 32.2 Å². The summed E-state index contributed by atoms with van der Waals surface area (Å²) in [5.74, 6) is 0.745. The van der Waals surface area contributed by atoms with Gasteiger partial charge in [0.1, 0.15) is 5.52 Å². The summed E-state index contributed by atoms with van der Waals surface area (Å²) in [5.41, 5.74) is 3.15. The molecule has 0 saturated carbocycles. The second-order valence-electron chi connectivity index (χ2n) is 5.04. The Morgan fingerprint density at radius 1 is 1.31 bits per heavy atom. The first-order chi connectivity index (χ1) is 7.52. The highest BCUT2D eigenvalue weighted by Crippen LogP contribution is 2.30. The van der Waals surface area contributed by atoms with E-state index in [2.05, 4.69) is 37.1 Å². The molecule has 0 saturated heterocycles. The number of rotatable bonds is 2. The zero-order valence-corrected chi connectivity index (χ0v) is 10.3. The van der Waals surface area contributed by atoms with E-state index in [1.165, 1.54) is 5.56 Å². The molecule has 1 heterocycles. The van der Waals surface area contributed by atoms with E-state index in [4.69, 9.17) is 4.42 Å². The molecule has 86 valence electrons. The second kappa shape index (κ2) is 3.91. The van der Waals surface area contributed by atoms with Gasteiger partial charge in [0.05, 0.1) is 6.54 Å². The minimum atomic E-state index is 0.0793. The summed E-state index contributed by atoms with van der Waals surface area (Å²) >= 11 is 0. The third-order valence-corrected chi connectivity index (χ3v) is 2.60. The molecule has 16 heavy (non-hydrogen) atoms. The molecule has 3 heteroatoms. The Morgan fingerprint density at radius 3 is 2.69 bits per heavy atom. The fraction of sp³-hybridized carbons (Fsp3) is 0.462. The summed E-state index contributed by atoms with van der Waals surface area (Å²) in [4.78, 5) is 4.45. The number of aromatic nitrogens is 1. The van der Waals surface area contributed by atoms with Gasteiger partial charge in [0.2, 0.25) is 5.89 Å². The van der Waals surface area contributed by atoms with Gasteiger partial charge in [-0.3, -0.25) is 0 Å². The third-order valence-electron chi connectivity index (χ3n) is 2.60. The summed E-state index contributed by atoms with van der Waals surface area (Å²) in [6.07, 6.45) is 0. The van der Waals surface area contributed by atoms with E-state index in [9.17, 15) is 0 Å². The zero-order chi connectivity index (χ0) is 11.8. The van der Waals surface area contributed by atoms with Gasteiger partial charge in [-0.05, 0) is 18.5 Å². The van der Waals surface area contributed by atoms with E-state index in [1.54, 1.807) is 0 Å².